The molecule has 1 aliphatic rings. The Labute approximate surface area is 63.8 Å². The summed E-state index contributed by atoms with van der Waals surface area (Å²) in [5.41, 5.74) is 0. The predicted molar refractivity (Wildman–Crippen MR) is 37.2 cm³/mol. The topological polar surface area (TPSA) is 78.4 Å². The van der Waals surface area contributed by atoms with Crippen LogP contribution in [0.5, 0.6) is 0 Å². The Kier molecular flexibility index (Phi) is 1.98. The van der Waals surface area contributed by atoms with Gasteiger partial charge in [-0.05, 0) is 13.3 Å². The Morgan fingerprint density at radius 1 is 1.82 bits per heavy atom. The molecule has 0 radical (unpaired) electrons. The van der Waals surface area contributed by atoms with E-state index in [9.17, 15) is 9.59 Å². The molecule has 2 atom stereocenters. The standard InChI is InChI=1S/C6H10N2O3/c1-3-2-4(5(9)7-3)8-6(10)11/h3-4,8H,2H2,1H3,(H,7,9)(H,10,11)/t3?,4-/m0/s1. The van der Waals surface area contributed by atoms with Crippen LogP contribution in [0.15, 0.2) is 0 Å². The minimum Gasteiger partial charge on any atom is -0.465 e. The summed E-state index contributed by atoms with van der Waals surface area (Å²) in [6, 6.07) is -0.498. The quantitative estimate of drug-likeness (QED) is 0.482. The maximum absolute atomic E-state index is 10.9. The van der Waals surface area contributed by atoms with Crippen molar-refractivity contribution < 1.29 is 14.7 Å². The smallest absolute Gasteiger partial charge is 0.405 e. The molecule has 0 aromatic heterocycles. The minimum atomic E-state index is -1.15. The zero-order valence-corrected chi connectivity index (χ0v) is 6.13. The third-order valence-electron chi connectivity index (χ3n) is 1.59. The molecule has 62 valence electrons. The summed E-state index contributed by atoms with van der Waals surface area (Å²) < 4.78 is 0. The average Bonchev–Trinajstić information content (AvgIpc) is 2.09. The molecule has 0 aromatic carbocycles. The molecule has 1 saturated heterocycles. The fourth-order valence-corrected chi connectivity index (χ4v) is 1.14. The van der Waals surface area contributed by atoms with Gasteiger partial charge in [-0.1, -0.05) is 0 Å². The molecule has 0 spiro atoms. The van der Waals surface area contributed by atoms with Gasteiger partial charge in [0.25, 0.3) is 0 Å². The van der Waals surface area contributed by atoms with Gasteiger partial charge in [0.2, 0.25) is 5.91 Å². The fourth-order valence-electron chi connectivity index (χ4n) is 1.14. The highest BCUT2D eigenvalue weighted by Gasteiger charge is 2.30. The van der Waals surface area contributed by atoms with Gasteiger partial charge in [0.1, 0.15) is 6.04 Å². The van der Waals surface area contributed by atoms with E-state index in [0.29, 0.717) is 6.42 Å². The number of amides is 2. The van der Waals surface area contributed by atoms with E-state index in [0.717, 1.165) is 0 Å². The summed E-state index contributed by atoms with van der Waals surface area (Å²) in [7, 11) is 0. The summed E-state index contributed by atoms with van der Waals surface area (Å²) in [4.78, 5) is 21.0. The fraction of sp³-hybridized carbons (Fsp3) is 0.667. The molecule has 0 aromatic rings. The Hall–Kier alpha value is -1.26. The Morgan fingerprint density at radius 3 is 2.82 bits per heavy atom. The summed E-state index contributed by atoms with van der Waals surface area (Å²) in [5, 5.41) is 13.0. The number of carbonyl (C=O) groups is 2. The van der Waals surface area contributed by atoms with Gasteiger partial charge < -0.3 is 15.7 Å². The van der Waals surface area contributed by atoms with Crippen molar-refractivity contribution in [2.75, 3.05) is 0 Å². The van der Waals surface area contributed by atoms with Crippen LogP contribution in [0.25, 0.3) is 0 Å². The lowest BCUT2D eigenvalue weighted by Gasteiger charge is -2.04. The maximum atomic E-state index is 10.9. The van der Waals surface area contributed by atoms with Gasteiger partial charge in [-0.3, -0.25) is 4.79 Å². The third kappa shape index (κ3) is 1.83. The van der Waals surface area contributed by atoms with Gasteiger partial charge in [-0.15, -0.1) is 0 Å². The second-order valence-electron chi connectivity index (χ2n) is 2.65. The van der Waals surface area contributed by atoms with Gasteiger partial charge >= 0.3 is 6.09 Å². The first kappa shape index (κ1) is 7.84. The van der Waals surface area contributed by atoms with E-state index in [2.05, 4.69) is 10.6 Å². The minimum absolute atomic E-state index is 0.0688. The molecule has 3 N–H and O–H groups in total. The second-order valence-corrected chi connectivity index (χ2v) is 2.65. The zero-order chi connectivity index (χ0) is 8.43. The molecule has 0 bridgehead atoms. The van der Waals surface area contributed by atoms with Crippen LogP contribution in [-0.2, 0) is 4.79 Å². The first-order chi connectivity index (χ1) is 5.09. The molecule has 1 fully saturated rings. The first-order valence-corrected chi connectivity index (χ1v) is 3.39. The predicted octanol–water partition coefficient (Wildman–Crippen LogP) is -0.469. The maximum Gasteiger partial charge on any atom is 0.405 e. The molecule has 1 aliphatic heterocycles. The normalized spacial score (nSPS) is 29.7. The lowest BCUT2D eigenvalue weighted by atomic mass is 10.2. The van der Waals surface area contributed by atoms with Crippen LogP contribution in [0.2, 0.25) is 0 Å². The van der Waals surface area contributed by atoms with Crippen molar-refractivity contribution in [1.29, 1.82) is 0 Å². The van der Waals surface area contributed by atoms with Crippen molar-refractivity contribution in [3.63, 3.8) is 0 Å². The van der Waals surface area contributed by atoms with Gasteiger partial charge in [0.05, 0.1) is 0 Å². The Bertz CT molecular complexity index is 192. The highest BCUT2D eigenvalue weighted by Crippen LogP contribution is 2.06. The molecule has 11 heavy (non-hydrogen) atoms. The van der Waals surface area contributed by atoms with Gasteiger partial charge in [-0.2, -0.15) is 0 Å². The molecular weight excluding hydrogens is 148 g/mol. The molecule has 1 heterocycles. The zero-order valence-electron chi connectivity index (χ0n) is 6.13. The van der Waals surface area contributed by atoms with E-state index in [1.807, 2.05) is 6.92 Å². The van der Waals surface area contributed by atoms with Crippen molar-refractivity contribution in [3.8, 4) is 0 Å². The highest BCUT2D eigenvalue weighted by molar-refractivity contribution is 5.87. The number of carboxylic acid groups (broad SMARTS) is 1. The van der Waals surface area contributed by atoms with Crippen molar-refractivity contribution in [2.24, 2.45) is 0 Å². The monoisotopic (exact) mass is 158 g/mol. The van der Waals surface area contributed by atoms with Crippen LogP contribution in [0.4, 0.5) is 4.79 Å². The van der Waals surface area contributed by atoms with Crippen molar-refractivity contribution in [2.45, 2.75) is 25.4 Å². The van der Waals surface area contributed by atoms with Gasteiger partial charge in [0, 0.05) is 6.04 Å². The summed E-state index contributed by atoms with van der Waals surface area (Å²) >= 11 is 0. The van der Waals surface area contributed by atoms with Crippen LogP contribution < -0.4 is 10.6 Å². The van der Waals surface area contributed by atoms with E-state index in [-0.39, 0.29) is 11.9 Å². The number of rotatable bonds is 1. The molecule has 1 unspecified atom stereocenters. The third-order valence-corrected chi connectivity index (χ3v) is 1.59. The molecular formula is C6H10N2O3. The van der Waals surface area contributed by atoms with E-state index >= 15 is 0 Å². The summed E-state index contributed by atoms with van der Waals surface area (Å²) in [6.07, 6.45) is -0.621. The van der Waals surface area contributed by atoms with E-state index in [1.54, 1.807) is 0 Å². The summed E-state index contributed by atoms with van der Waals surface area (Å²) in [5.74, 6) is -0.236. The molecule has 2 amide bonds. The average molecular weight is 158 g/mol. The van der Waals surface area contributed by atoms with Crippen LogP contribution in [0.1, 0.15) is 13.3 Å². The largest absolute Gasteiger partial charge is 0.465 e. The van der Waals surface area contributed by atoms with Gasteiger partial charge in [-0.25, -0.2) is 4.79 Å². The Balaban J connectivity index is 2.47. The van der Waals surface area contributed by atoms with Crippen LogP contribution >= 0.6 is 0 Å². The van der Waals surface area contributed by atoms with Crippen molar-refractivity contribution in [3.05, 3.63) is 0 Å². The molecule has 0 aliphatic carbocycles. The molecule has 0 saturated carbocycles. The molecule has 1 rings (SSSR count). The lowest BCUT2D eigenvalue weighted by Crippen LogP contribution is -2.39. The number of hydrogen-bond donors (Lipinski definition) is 3. The van der Waals surface area contributed by atoms with E-state index < -0.39 is 12.1 Å². The SMILES string of the molecule is CC1C[C@H](NC(=O)O)C(=O)N1. The number of nitrogens with one attached hydrogen (secondary N) is 2. The lowest BCUT2D eigenvalue weighted by molar-refractivity contribution is -0.120. The van der Waals surface area contributed by atoms with Gasteiger partial charge in [0.15, 0.2) is 0 Å². The van der Waals surface area contributed by atoms with Crippen molar-refractivity contribution >= 4 is 12.0 Å². The number of carbonyl (C=O) groups excluding carboxylic acids is 1. The summed E-state index contributed by atoms with van der Waals surface area (Å²) in [6.45, 7) is 1.83. The molecule has 5 nitrogen and oxygen atoms in total. The second kappa shape index (κ2) is 2.77. The molecule has 5 heteroatoms. The number of hydrogen-bond acceptors (Lipinski definition) is 2. The van der Waals surface area contributed by atoms with Crippen molar-refractivity contribution in [1.82, 2.24) is 10.6 Å². The van der Waals surface area contributed by atoms with E-state index in [1.165, 1.54) is 0 Å². The van der Waals surface area contributed by atoms with Crippen LogP contribution in [-0.4, -0.2) is 29.2 Å². The highest BCUT2D eigenvalue weighted by atomic mass is 16.4. The first-order valence-electron chi connectivity index (χ1n) is 3.39. The van der Waals surface area contributed by atoms with E-state index in [4.69, 9.17) is 5.11 Å². The van der Waals surface area contributed by atoms with Crippen LogP contribution in [0, 0.1) is 0 Å². The Morgan fingerprint density at radius 2 is 2.45 bits per heavy atom. The van der Waals surface area contributed by atoms with Crippen LogP contribution in [0.3, 0.4) is 0 Å².